The molecule has 0 saturated heterocycles. The van der Waals surface area contributed by atoms with E-state index in [2.05, 4.69) is 176 Å². The van der Waals surface area contributed by atoms with Crippen molar-refractivity contribution in [3.63, 3.8) is 0 Å². The summed E-state index contributed by atoms with van der Waals surface area (Å²) in [5.74, 6) is 0. The van der Waals surface area contributed by atoms with Crippen molar-refractivity contribution in [3.05, 3.63) is 175 Å². The van der Waals surface area contributed by atoms with E-state index < -0.39 is 0 Å². The maximum Gasteiger partial charge on any atom is 0.137 e. The molecule has 0 unspecified atom stereocenters. The number of nitrogens with zero attached hydrogens (tertiary/aromatic N) is 1. The highest BCUT2D eigenvalue weighted by Crippen LogP contribution is 2.53. The monoisotopic (exact) mass is 667 g/mol. The van der Waals surface area contributed by atoms with Gasteiger partial charge in [0, 0.05) is 21.9 Å². The van der Waals surface area contributed by atoms with E-state index in [1.165, 1.54) is 38.6 Å². The van der Waals surface area contributed by atoms with Crippen molar-refractivity contribution in [2.75, 3.05) is 4.90 Å². The fourth-order valence-electron chi connectivity index (χ4n) is 8.89. The van der Waals surface area contributed by atoms with Gasteiger partial charge in [0.25, 0.3) is 0 Å². The number of anilines is 3. The van der Waals surface area contributed by atoms with Crippen molar-refractivity contribution >= 4 is 71.7 Å². The van der Waals surface area contributed by atoms with Gasteiger partial charge in [-0.3, -0.25) is 0 Å². The van der Waals surface area contributed by atoms with Gasteiger partial charge in [-0.15, -0.1) is 0 Å². The smallest absolute Gasteiger partial charge is 0.137 e. The normalized spacial score (nSPS) is 13.3. The second-order valence-electron chi connectivity index (χ2n) is 14.4. The predicted octanol–water partition coefficient (Wildman–Crippen LogP) is 14.1. The van der Waals surface area contributed by atoms with Crippen LogP contribution in [-0.4, -0.2) is 0 Å². The molecule has 0 amide bonds. The van der Waals surface area contributed by atoms with Crippen LogP contribution in [0.4, 0.5) is 17.1 Å². The summed E-state index contributed by atoms with van der Waals surface area (Å²) in [5.41, 5.74) is 14.1. The van der Waals surface area contributed by atoms with E-state index in [4.69, 9.17) is 8.83 Å². The van der Waals surface area contributed by atoms with Gasteiger partial charge in [0.1, 0.15) is 22.3 Å². The minimum atomic E-state index is -0.152. The number of furan rings is 2. The Hall–Kier alpha value is -6.58. The minimum absolute atomic E-state index is 0.152. The maximum absolute atomic E-state index is 6.83. The van der Waals surface area contributed by atoms with E-state index >= 15 is 0 Å². The van der Waals surface area contributed by atoms with Crippen molar-refractivity contribution in [1.29, 1.82) is 0 Å². The molecule has 0 aliphatic heterocycles. The van der Waals surface area contributed by atoms with E-state index in [0.29, 0.717) is 0 Å². The standard InChI is InChI=1S/C49H33NO2/c1-49(2)38-20-10-8-17-33(38)34-27-26-31(28-39(34)49)50(40-21-12-24-43-46(40)36-19-9-11-23-42(36)51-43)41-22-13-25-44-48(41)47-35-18-7-6-16-32(35)37(29-45(47)52-44)30-14-4-3-5-15-30/h3-29H,1-2H3. The first-order valence-corrected chi connectivity index (χ1v) is 17.9. The number of para-hydroxylation sites is 1. The summed E-state index contributed by atoms with van der Waals surface area (Å²) < 4.78 is 13.3. The lowest BCUT2D eigenvalue weighted by Gasteiger charge is -2.29. The summed E-state index contributed by atoms with van der Waals surface area (Å²) in [6.07, 6.45) is 0. The van der Waals surface area contributed by atoms with E-state index in [0.717, 1.165) is 66.5 Å². The maximum atomic E-state index is 6.83. The van der Waals surface area contributed by atoms with Gasteiger partial charge in [0.2, 0.25) is 0 Å². The molecule has 2 aromatic heterocycles. The molecule has 2 heterocycles. The molecule has 8 aromatic carbocycles. The summed E-state index contributed by atoms with van der Waals surface area (Å²) in [4.78, 5) is 2.43. The van der Waals surface area contributed by atoms with Crippen LogP contribution < -0.4 is 4.90 Å². The van der Waals surface area contributed by atoms with Gasteiger partial charge in [0.15, 0.2) is 0 Å². The van der Waals surface area contributed by atoms with Crippen LogP contribution in [0.5, 0.6) is 0 Å². The molecule has 1 aliphatic rings. The topological polar surface area (TPSA) is 29.5 Å². The Labute approximate surface area is 301 Å². The Morgan fingerprint density at radius 3 is 1.85 bits per heavy atom. The molecule has 0 spiro atoms. The van der Waals surface area contributed by atoms with Crippen LogP contribution in [0.15, 0.2) is 173 Å². The first-order chi connectivity index (χ1) is 25.6. The molecule has 3 heteroatoms. The molecule has 246 valence electrons. The van der Waals surface area contributed by atoms with E-state index in [1.54, 1.807) is 0 Å². The van der Waals surface area contributed by atoms with Gasteiger partial charge < -0.3 is 13.7 Å². The lowest BCUT2D eigenvalue weighted by Crippen LogP contribution is -2.16. The Bertz CT molecular complexity index is 3050. The molecule has 0 radical (unpaired) electrons. The lowest BCUT2D eigenvalue weighted by molar-refractivity contribution is 0.660. The predicted molar refractivity (Wildman–Crippen MR) is 216 cm³/mol. The van der Waals surface area contributed by atoms with Crippen LogP contribution in [0.25, 0.3) is 76.9 Å². The second-order valence-corrected chi connectivity index (χ2v) is 14.4. The minimum Gasteiger partial charge on any atom is -0.456 e. The highest BCUT2D eigenvalue weighted by molar-refractivity contribution is 6.26. The van der Waals surface area contributed by atoms with Gasteiger partial charge in [-0.25, -0.2) is 0 Å². The van der Waals surface area contributed by atoms with Crippen LogP contribution in [0, 0.1) is 0 Å². The Morgan fingerprint density at radius 1 is 0.404 bits per heavy atom. The van der Waals surface area contributed by atoms with Crippen molar-refractivity contribution in [1.82, 2.24) is 0 Å². The van der Waals surface area contributed by atoms with Gasteiger partial charge in [-0.05, 0) is 92.7 Å². The summed E-state index contributed by atoms with van der Waals surface area (Å²) >= 11 is 0. The summed E-state index contributed by atoms with van der Waals surface area (Å²) in [6, 6.07) is 58.6. The SMILES string of the molecule is CC1(C)c2ccccc2-c2ccc(N(c3cccc4oc5ccccc5c34)c3cccc4oc5cc(-c6ccccc6)c6ccccc6c5c34)cc21. The molecule has 0 fully saturated rings. The van der Waals surface area contributed by atoms with Gasteiger partial charge in [-0.2, -0.15) is 0 Å². The quantitative estimate of drug-likeness (QED) is 0.187. The van der Waals surface area contributed by atoms with E-state index in [-0.39, 0.29) is 5.41 Å². The molecular weight excluding hydrogens is 635 g/mol. The van der Waals surface area contributed by atoms with Crippen molar-refractivity contribution in [2.45, 2.75) is 19.3 Å². The molecule has 10 aromatic rings. The highest BCUT2D eigenvalue weighted by Gasteiger charge is 2.36. The molecule has 11 rings (SSSR count). The third-order valence-electron chi connectivity index (χ3n) is 11.3. The fourth-order valence-corrected chi connectivity index (χ4v) is 8.89. The van der Waals surface area contributed by atoms with Crippen LogP contribution in [-0.2, 0) is 5.41 Å². The van der Waals surface area contributed by atoms with Crippen LogP contribution >= 0.6 is 0 Å². The lowest BCUT2D eigenvalue weighted by atomic mass is 9.82. The average molecular weight is 668 g/mol. The number of hydrogen-bond donors (Lipinski definition) is 0. The fraction of sp³-hybridized carbons (Fsp3) is 0.0612. The third-order valence-corrected chi connectivity index (χ3v) is 11.3. The van der Waals surface area contributed by atoms with E-state index in [1.807, 2.05) is 6.07 Å². The zero-order chi connectivity index (χ0) is 34.6. The number of rotatable bonds is 4. The number of fused-ring (bicyclic) bond motifs is 11. The molecule has 0 bridgehead atoms. The van der Waals surface area contributed by atoms with Crippen molar-refractivity contribution < 1.29 is 8.83 Å². The highest BCUT2D eigenvalue weighted by atomic mass is 16.3. The largest absolute Gasteiger partial charge is 0.456 e. The van der Waals surface area contributed by atoms with Crippen LogP contribution in [0.3, 0.4) is 0 Å². The molecule has 1 aliphatic carbocycles. The summed E-state index contributed by atoms with van der Waals surface area (Å²) in [7, 11) is 0. The Balaban J connectivity index is 1.25. The average Bonchev–Trinajstić information content (AvgIpc) is 3.84. The van der Waals surface area contributed by atoms with Gasteiger partial charge in [0.05, 0.1) is 22.1 Å². The third kappa shape index (κ3) is 4.02. The second kappa shape index (κ2) is 10.7. The first kappa shape index (κ1) is 29.2. The van der Waals surface area contributed by atoms with Crippen molar-refractivity contribution in [2.24, 2.45) is 0 Å². The summed E-state index contributed by atoms with van der Waals surface area (Å²) in [5, 5.41) is 6.74. The number of hydrogen-bond acceptors (Lipinski definition) is 3. The first-order valence-electron chi connectivity index (χ1n) is 17.9. The van der Waals surface area contributed by atoms with Gasteiger partial charge >= 0.3 is 0 Å². The number of benzene rings is 8. The molecule has 0 atom stereocenters. The Morgan fingerprint density at radius 2 is 1.02 bits per heavy atom. The Kier molecular flexibility index (Phi) is 6.01. The zero-order valence-electron chi connectivity index (χ0n) is 28.9. The van der Waals surface area contributed by atoms with Crippen LogP contribution in [0.2, 0.25) is 0 Å². The molecular formula is C49H33NO2. The zero-order valence-corrected chi connectivity index (χ0v) is 28.9. The summed E-state index contributed by atoms with van der Waals surface area (Å²) in [6.45, 7) is 4.69. The molecule has 0 N–H and O–H groups in total. The van der Waals surface area contributed by atoms with Crippen molar-refractivity contribution in [3.8, 4) is 22.3 Å². The van der Waals surface area contributed by atoms with E-state index in [9.17, 15) is 0 Å². The molecule has 0 saturated carbocycles. The van der Waals surface area contributed by atoms with Gasteiger partial charge in [-0.1, -0.05) is 129 Å². The molecule has 52 heavy (non-hydrogen) atoms. The molecule has 3 nitrogen and oxygen atoms in total. The van der Waals surface area contributed by atoms with Crippen LogP contribution in [0.1, 0.15) is 25.0 Å².